The molecule has 1 atom stereocenters. The number of rotatable bonds is 3. The molecule has 0 fully saturated rings. The van der Waals surface area contributed by atoms with Crippen LogP contribution in [0.2, 0.25) is 0 Å². The van der Waals surface area contributed by atoms with Crippen LogP contribution in [0.1, 0.15) is 12.0 Å². The van der Waals surface area contributed by atoms with Gasteiger partial charge in [0.15, 0.2) is 0 Å². The van der Waals surface area contributed by atoms with Crippen molar-refractivity contribution in [2.24, 2.45) is 0 Å². The zero-order valence-electron chi connectivity index (χ0n) is 8.26. The molecular weight excluding hydrogens is 308 g/mol. The topological polar surface area (TPSA) is 37.3 Å². The van der Waals surface area contributed by atoms with Crippen LogP contribution in [0.4, 0.5) is 17.6 Å². The molecule has 0 aliphatic rings. The van der Waals surface area contributed by atoms with Gasteiger partial charge < -0.3 is 5.11 Å². The van der Waals surface area contributed by atoms with Crippen LogP contribution in [0, 0.1) is 0 Å². The monoisotopic (exact) mass is 314 g/mol. The summed E-state index contributed by atoms with van der Waals surface area (Å²) in [7, 11) is 0. The minimum Gasteiger partial charge on any atom is -0.481 e. The predicted molar refractivity (Wildman–Crippen MR) is 55.2 cm³/mol. The lowest BCUT2D eigenvalue weighted by Crippen LogP contribution is -2.40. The summed E-state index contributed by atoms with van der Waals surface area (Å²) in [6, 6.07) is 4.74. The lowest BCUT2D eigenvalue weighted by atomic mass is 9.91. The Labute approximate surface area is 102 Å². The minimum atomic E-state index is -5.30. The number of carboxylic acid groups (broad SMARTS) is 1. The van der Waals surface area contributed by atoms with Gasteiger partial charge in [-0.25, -0.2) is 4.39 Å². The average molecular weight is 315 g/mol. The molecule has 0 saturated carbocycles. The molecule has 0 aromatic heterocycles. The quantitative estimate of drug-likeness (QED) is 0.865. The highest BCUT2D eigenvalue weighted by Crippen LogP contribution is 2.47. The van der Waals surface area contributed by atoms with Crippen molar-refractivity contribution in [3.8, 4) is 0 Å². The molecule has 0 aliphatic carbocycles. The Balaban J connectivity index is 3.35. The Morgan fingerprint density at radius 1 is 1.24 bits per heavy atom. The van der Waals surface area contributed by atoms with Gasteiger partial charge in [0.2, 0.25) is 5.67 Å². The van der Waals surface area contributed by atoms with Crippen LogP contribution in [0.5, 0.6) is 0 Å². The summed E-state index contributed by atoms with van der Waals surface area (Å²) in [5.41, 5.74) is -4.64. The molecule has 2 nitrogen and oxygen atoms in total. The fourth-order valence-electron chi connectivity index (χ4n) is 1.34. The average Bonchev–Trinajstić information content (AvgIpc) is 2.15. The molecule has 7 heteroatoms. The first kappa shape index (κ1) is 14.0. The largest absolute Gasteiger partial charge is 0.481 e. The summed E-state index contributed by atoms with van der Waals surface area (Å²) in [5.74, 6) is -1.86. The van der Waals surface area contributed by atoms with Gasteiger partial charge >= 0.3 is 12.1 Å². The summed E-state index contributed by atoms with van der Waals surface area (Å²) in [6.45, 7) is 0. The first-order chi connectivity index (χ1) is 7.68. The van der Waals surface area contributed by atoms with Crippen molar-refractivity contribution in [1.82, 2.24) is 0 Å². The molecule has 1 unspecified atom stereocenters. The van der Waals surface area contributed by atoms with Gasteiger partial charge in [0.1, 0.15) is 0 Å². The SMILES string of the molecule is O=C(O)CC(F)(c1ccccc1Br)C(F)(F)F. The number of carbonyl (C=O) groups is 1. The fourth-order valence-corrected chi connectivity index (χ4v) is 1.94. The first-order valence-electron chi connectivity index (χ1n) is 4.41. The van der Waals surface area contributed by atoms with Gasteiger partial charge in [-0.05, 0) is 6.07 Å². The fraction of sp³-hybridized carbons (Fsp3) is 0.300. The van der Waals surface area contributed by atoms with Crippen LogP contribution < -0.4 is 0 Å². The molecule has 0 amide bonds. The van der Waals surface area contributed by atoms with E-state index in [1.807, 2.05) is 0 Å². The van der Waals surface area contributed by atoms with E-state index < -0.39 is 29.8 Å². The lowest BCUT2D eigenvalue weighted by molar-refractivity contribution is -0.239. The number of hydrogen-bond acceptors (Lipinski definition) is 1. The van der Waals surface area contributed by atoms with Gasteiger partial charge in [-0.2, -0.15) is 13.2 Å². The van der Waals surface area contributed by atoms with E-state index in [1.165, 1.54) is 18.2 Å². The van der Waals surface area contributed by atoms with Crippen LogP contribution >= 0.6 is 15.9 Å². The number of carboxylic acids is 1. The molecule has 94 valence electrons. The number of halogens is 5. The van der Waals surface area contributed by atoms with Gasteiger partial charge in [0.05, 0.1) is 6.42 Å². The second-order valence-corrected chi connectivity index (χ2v) is 4.20. The Hall–Kier alpha value is -1.11. The Morgan fingerprint density at radius 2 is 1.76 bits per heavy atom. The normalized spacial score (nSPS) is 15.4. The van der Waals surface area contributed by atoms with Crippen molar-refractivity contribution in [2.75, 3.05) is 0 Å². The van der Waals surface area contributed by atoms with Crippen molar-refractivity contribution < 1.29 is 27.5 Å². The summed E-state index contributed by atoms with van der Waals surface area (Å²) in [5, 5.41) is 8.41. The standard InChI is InChI=1S/C10H7BrF4O2/c11-7-4-2-1-3-6(7)9(12,5-8(16)17)10(13,14)15/h1-4H,5H2,(H,16,17). The van der Waals surface area contributed by atoms with Crippen molar-refractivity contribution in [2.45, 2.75) is 18.3 Å². The van der Waals surface area contributed by atoms with E-state index in [2.05, 4.69) is 15.9 Å². The summed E-state index contributed by atoms with van der Waals surface area (Å²) in [4.78, 5) is 10.4. The van der Waals surface area contributed by atoms with Crippen molar-refractivity contribution in [3.05, 3.63) is 34.3 Å². The summed E-state index contributed by atoms with van der Waals surface area (Å²) >= 11 is 2.78. The number of hydrogen-bond donors (Lipinski definition) is 1. The van der Waals surface area contributed by atoms with Crippen molar-refractivity contribution in [3.63, 3.8) is 0 Å². The van der Waals surface area contributed by atoms with Gasteiger partial charge in [-0.1, -0.05) is 34.1 Å². The van der Waals surface area contributed by atoms with E-state index in [9.17, 15) is 22.4 Å². The number of alkyl halides is 4. The smallest absolute Gasteiger partial charge is 0.427 e. The van der Waals surface area contributed by atoms with Crippen LogP contribution in [0.25, 0.3) is 0 Å². The molecule has 0 radical (unpaired) electrons. The highest BCUT2D eigenvalue weighted by atomic mass is 79.9. The van der Waals surface area contributed by atoms with Crippen molar-refractivity contribution in [1.29, 1.82) is 0 Å². The molecule has 0 spiro atoms. The van der Waals surface area contributed by atoms with E-state index in [0.29, 0.717) is 0 Å². The van der Waals surface area contributed by atoms with Crippen LogP contribution in [0.3, 0.4) is 0 Å². The Kier molecular flexibility index (Phi) is 3.81. The first-order valence-corrected chi connectivity index (χ1v) is 5.20. The third-order valence-corrected chi connectivity index (χ3v) is 2.84. The highest BCUT2D eigenvalue weighted by Gasteiger charge is 2.59. The maximum atomic E-state index is 14.0. The minimum absolute atomic E-state index is 0.124. The Morgan fingerprint density at radius 3 is 2.18 bits per heavy atom. The van der Waals surface area contributed by atoms with Crippen LogP contribution in [-0.4, -0.2) is 17.3 Å². The predicted octanol–water partition coefficient (Wildman–Crippen LogP) is 3.65. The molecule has 1 aromatic rings. The third kappa shape index (κ3) is 2.77. The van der Waals surface area contributed by atoms with E-state index in [4.69, 9.17) is 5.11 Å². The second kappa shape index (κ2) is 4.64. The Bertz CT molecular complexity index is 433. The third-order valence-electron chi connectivity index (χ3n) is 2.14. The van der Waals surface area contributed by atoms with Gasteiger partial charge in [0, 0.05) is 10.0 Å². The molecule has 1 aromatic carbocycles. The molecule has 0 aliphatic heterocycles. The molecule has 1 N–H and O–H groups in total. The van der Waals surface area contributed by atoms with Gasteiger partial charge in [-0.3, -0.25) is 4.79 Å². The highest BCUT2D eigenvalue weighted by molar-refractivity contribution is 9.10. The molecular formula is C10H7BrF4O2. The van der Waals surface area contributed by atoms with Crippen LogP contribution in [-0.2, 0) is 10.5 Å². The van der Waals surface area contributed by atoms with E-state index in [0.717, 1.165) is 6.07 Å². The molecule has 17 heavy (non-hydrogen) atoms. The maximum absolute atomic E-state index is 14.0. The number of benzene rings is 1. The zero-order chi connectivity index (χ0) is 13.3. The zero-order valence-corrected chi connectivity index (χ0v) is 9.85. The second-order valence-electron chi connectivity index (χ2n) is 3.35. The molecule has 0 saturated heterocycles. The van der Waals surface area contributed by atoms with Gasteiger partial charge in [-0.15, -0.1) is 0 Å². The summed E-state index contributed by atoms with van der Waals surface area (Å²) in [6.07, 6.45) is -6.96. The van der Waals surface area contributed by atoms with Gasteiger partial charge in [0.25, 0.3) is 0 Å². The number of aliphatic carboxylic acids is 1. The van der Waals surface area contributed by atoms with E-state index in [-0.39, 0.29) is 4.47 Å². The molecule has 0 bridgehead atoms. The maximum Gasteiger partial charge on any atom is 0.427 e. The van der Waals surface area contributed by atoms with E-state index in [1.54, 1.807) is 0 Å². The van der Waals surface area contributed by atoms with E-state index >= 15 is 0 Å². The molecule has 1 rings (SSSR count). The van der Waals surface area contributed by atoms with Crippen molar-refractivity contribution >= 4 is 21.9 Å². The summed E-state index contributed by atoms with van der Waals surface area (Å²) < 4.78 is 51.9. The van der Waals surface area contributed by atoms with Crippen LogP contribution in [0.15, 0.2) is 28.7 Å². The lowest BCUT2D eigenvalue weighted by Gasteiger charge is -2.27. The molecule has 0 heterocycles.